The van der Waals surface area contributed by atoms with Crippen molar-refractivity contribution < 1.29 is 14.3 Å². The molecule has 3 fully saturated rings. The van der Waals surface area contributed by atoms with Crippen molar-refractivity contribution in [1.29, 1.82) is 0 Å². The predicted octanol–water partition coefficient (Wildman–Crippen LogP) is 4.81. The molecule has 0 aromatic heterocycles. The normalized spacial score (nSPS) is 26.9. The summed E-state index contributed by atoms with van der Waals surface area (Å²) < 4.78 is 6.02. The number of carbonyl (C=O) groups excluding carboxylic acids is 2. The van der Waals surface area contributed by atoms with Crippen molar-refractivity contribution in [2.75, 3.05) is 52.4 Å². The Morgan fingerprint density at radius 1 is 0.950 bits per heavy atom. The quantitative estimate of drug-likeness (QED) is 0.425. The fourth-order valence-corrected chi connectivity index (χ4v) is 7.02. The van der Waals surface area contributed by atoms with Crippen molar-refractivity contribution >= 4 is 34.9 Å². The predicted molar refractivity (Wildman–Crippen MR) is 159 cm³/mol. The first-order chi connectivity index (χ1) is 19.4. The van der Waals surface area contributed by atoms with Gasteiger partial charge in [-0.05, 0) is 69.4 Å². The molecule has 3 aliphatic rings. The average Bonchev–Trinajstić information content (AvgIpc) is 2.99. The molecule has 9 heteroatoms. The van der Waals surface area contributed by atoms with Crippen LogP contribution in [0.1, 0.15) is 60.6 Å². The molecule has 1 amide bonds. The van der Waals surface area contributed by atoms with E-state index in [9.17, 15) is 9.59 Å². The Hall–Kier alpha value is -2.00. The molecule has 2 aromatic rings. The van der Waals surface area contributed by atoms with E-state index in [0.29, 0.717) is 41.6 Å². The summed E-state index contributed by atoms with van der Waals surface area (Å²) in [4.78, 5) is 33.8. The lowest BCUT2D eigenvalue weighted by Gasteiger charge is -2.51. The molecular weight excluding hydrogens is 547 g/mol. The number of piperidine rings is 2. The maximum absolute atomic E-state index is 14.1. The summed E-state index contributed by atoms with van der Waals surface area (Å²) >= 11 is 12.3. The van der Waals surface area contributed by atoms with Crippen molar-refractivity contribution in [3.05, 3.63) is 69.7 Å². The Balaban J connectivity index is 1.23. The van der Waals surface area contributed by atoms with Crippen LogP contribution in [-0.2, 0) is 9.53 Å². The first-order valence-electron chi connectivity index (χ1n) is 14.5. The van der Waals surface area contributed by atoms with Crippen LogP contribution in [0, 0.1) is 0 Å². The van der Waals surface area contributed by atoms with Gasteiger partial charge >= 0.3 is 0 Å². The fourth-order valence-electron chi connectivity index (χ4n) is 6.72. The summed E-state index contributed by atoms with van der Waals surface area (Å²) in [6.07, 6.45) is 5.36. The molecule has 3 heterocycles. The molecule has 3 aliphatic heterocycles. The van der Waals surface area contributed by atoms with E-state index in [1.54, 1.807) is 0 Å². The highest BCUT2D eigenvalue weighted by Gasteiger charge is 2.50. The van der Waals surface area contributed by atoms with E-state index in [2.05, 4.69) is 14.7 Å². The van der Waals surface area contributed by atoms with Crippen LogP contribution in [0.3, 0.4) is 0 Å². The number of ether oxygens (including phenoxy) is 1. The SMILES string of the molecule is NC(=O)C1CC(C(=O)c2ccccc2)(N2CCCCC2)CCN1CCCN1CCOC(c2ccc(Cl)c(Cl)c2)C1. The number of rotatable bonds is 9. The highest BCUT2D eigenvalue weighted by atomic mass is 35.5. The van der Waals surface area contributed by atoms with Gasteiger partial charge in [0.2, 0.25) is 5.91 Å². The molecule has 3 unspecified atom stereocenters. The number of ketones is 1. The number of benzene rings is 2. The Morgan fingerprint density at radius 2 is 1.73 bits per heavy atom. The average molecular weight is 588 g/mol. The van der Waals surface area contributed by atoms with Gasteiger partial charge in [-0.1, -0.05) is 66.0 Å². The number of morpholine rings is 1. The van der Waals surface area contributed by atoms with Gasteiger partial charge in [-0.3, -0.25) is 24.3 Å². The van der Waals surface area contributed by atoms with Gasteiger partial charge in [0, 0.05) is 31.7 Å². The molecule has 7 nitrogen and oxygen atoms in total. The van der Waals surface area contributed by atoms with E-state index < -0.39 is 11.6 Å². The fraction of sp³-hybridized carbons (Fsp3) is 0.548. The Bertz CT molecular complexity index is 1180. The third kappa shape index (κ3) is 6.56. The smallest absolute Gasteiger partial charge is 0.234 e. The van der Waals surface area contributed by atoms with Gasteiger partial charge in [0.15, 0.2) is 5.78 Å². The van der Waals surface area contributed by atoms with Crippen LogP contribution in [-0.4, -0.2) is 90.4 Å². The van der Waals surface area contributed by atoms with E-state index in [1.165, 1.54) is 6.42 Å². The van der Waals surface area contributed by atoms with Crippen molar-refractivity contribution in [3.8, 4) is 0 Å². The van der Waals surface area contributed by atoms with Gasteiger partial charge < -0.3 is 10.5 Å². The minimum absolute atomic E-state index is 0.0500. The molecule has 40 heavy (non-hydrogen) atoms. The Kier molecular flexibility index (Phi) is 9.82. The molecule has 0 saturated carbocycles. The second kappa shape index (κ2) is 13.3. The second-order valence-corrected chi connectivity index (χ2v) is 12.2. The number of amides is 1. The molecule has 5 rings (SSSR count). The van der Waals surface area contributed by atoms with Gasteiger partial charge in [-0.2, -0.15) is 0 Å². The summed E-state index contributed by atoms with van der Waals surface area (Å²) in [6, 6.07) is 14.8. The monoisotopic (exact) mass is 586 g/mol. The lowest BCUT2D eigenvalue weighted by atomic mass is 9.75. The standard InChI is InChI=1S/C31H40Cl2N4O3/c32-25-11-10-24(20-26(25)33)28-22-35(18-19-40-28)13-7-14-36-17-12-31(21-27(36)30(34)39,37-15-5-2-6-16-37)29(38)23-8-3-1-4-9-23/h1,3-4,8-11,20,27-28H,2,5-7,12-19,21-22H2,(H2,34,39). The minimum atomic E-state index is -0.685. The number of carbonyl (C=O) groups is 2. The Labute approximate surface area is 247 Å². The number of halogens is 2. The number of nitrogens with two attached hydrogens (primary N) is 1. The lowest BCUT2D eigenvalue weighted by Crippen LogP contribution is -2.65. The van der Waals surface area contributed by atoms with E-state index >= 15 is 0 Å². The van der Waals surface area contributed by atoms with Gasteiger partial charge in [0.1, 0.15) is 0 Å². The van der Waals surface area contributed by atoms with Gasteiger partial charge in [0.25, 0.3) is 0 Å². The van der Waals surface area contributed by atoms with Gasteiger partial charge in [-0.25, -0.2) is 0 Å². The molecule has 3 atom stereocenters. The summed E-state index contributed by atoms with van der Waals surface area (Å²) in [7, 11) is 0. The zero-order chi connectivity index (χ0) is 28.1. The van der Waals surface area contributed by atoms with E-state index in [-0.39, 0.29) is 17.8 Å². The van der Waals surface area contributed by atoms with Crippen LogP contribution in [0.4, 0.5) is 0 Å². The summed E-state index contributed by atoms with van der Waals surface area (Å²) in [5, 5.41) is 1.08. The molecule has 0 aliphatic carbocycles. The molecule has 216 valence electrons. The van der Waals surface area contributed by atoms with Crippen molar-refractivity contribution in [3.63, 3.8) is 0 Å². The molecule has 0 bridgehead atoms. The topological polar surface area (TPSA) is 79.1 Å². The van der Waals surface area contributed by atoms with E-state index in [0.717, 1.165) is 64.1 Å². The number of likely N-dealkylation sites (tertiary alicyclic amines) is 2. The maximum atomic E-state index is 14.1. The first-order valence-corrected chi connectivity index (χ1v) is 15.3. The molecule has 0 radical (unpaired) electrons. The van der Waals surface area contributed by atoms with Crippen molar-refractivity contribution in [1.82, 2.24) is 14.7 Å². The second-order valence-electron chi connectivity index (χ2n) is 11.4. The summed E-state index contributed by atoms with van der Waals surface area (Å²) in [5.74, 6) is -0.212. The Morgan fingerprint density at radius 3 is 2.45 bits per heavy atom. The zero-order valence-electron chi connectivity index (χ0n) is 23.1. The van der Waals surface area contributed by atoms with Crippen LogP contribution < -0.4 is 5.73 Å². The maximum Gasteiger partial charge on any atom is 0.234 e. The zero-order valence-corrected chi connectivity index (χ0v) is 24.6. The van der Waals surface area contributed by atoms with E-state index in [4.69, 9.17) is 33.7 Å². The molecule has 3 saturated heterocycles. The number of hydrogen-bond acceptors (Lipinski definition) is 6. The van der Waals surface area contributed by atoms with Crippen LogP contribution in [0.25, 0.3) is 0 Å². The summed E-state index contributed by atoms with van der Waals surface area (Å²) in [5.41, 5.74) is 7.07. The van der Waals surface area contributed by atoms with Crippen LogP contribution >= 0.6 is 23.2 Å². The van der Waals surface area contributed by atoms with Crippen LogP contribution in [0.2, 0.25) is 10.0 Å². The molecule has 2 aromatic carbocycles. The van der Waals surface area contributed by atoms with Crippen LogP contribution in [0.15, 0.2) is 48.5 Å². The van der Waals surface area contributed by atoms with Gasteiger partial charge in [-0.15, -0.1) is 0 Å². The third-order valence-corrected chi connectivity index (χ3v) is 9.66. The van der Waals surface area contributed by atoms with Gasteiger partial charge in [0.05, 0.1) is 34.3 Å². The first kappa shape index (κ1) is 29.5. The number of Topliss-reactive ketones (excluding diaryl/α,β-unsaturated/α-hetero) is 1. The largest absolute Gasteiger partial charge is 0.371 e. The number of nitrogens with zero attached hydrogens (tertiary/aromatic N) is 3. The van der Waals surface area contributed by atoms with Crippen molar-refractivity contribution in [2.45, 2.75) is 56.2 Å². The number of hydrogen-bond donors (Lipinski definition) is 1. The van der Waals surface area contributed by atoms with E-state index in [1.807, 2.05) is 48.5 Å². The van der Waals surface area contributed by atoms with Crippen molar-refractivity contribution in [2.24, 2.45) is 5.73 Å². The third-order valence-electron chi connectivity index (χ3n) is 8.92. The molecule has 0 spiro atoms. The number of primary amides is 1. The minimum Gasteiger partial charge on any atom is -0.371 e. The van der Waals surface area contributed by atoms with Crippen LogP contribution in [0.5, 0.6) is 0 Å². The molecular formula is C31H40Cl2N4O3. The summed E-state index contributed by atoms with van der Waals surface area (Å²) in [6.45, 7) is 6.40. The lowest BCUT2D eigenvalue weighted by molar-refractivity contribution is -0.127. The molecule has 2 N–H and O–H groups in total. The highest BCUT2D eigenvalue weighted by Crippen LogP contribution is 2.38. The highest BCUT2D eigenvalue weighted by molar-refractivity contribution is 6.42.